The second kappa shape index (κ2) is 3.74. The average Bonchev–Trinajstić information content (AvgIpc) is 2.12. The van der Waals surface area contributed by atoms with Crippen molar-refractivity contribution >= 4 is 5.97 Å². The SMILES string of the molecule is C.CC(=O)OC1(C)CCCC1. The van der Waals surface area contributed by atoms with Crippen molar-refractivity contribution in [2.45, 2.75) is 52.6 Å². The lowest BCUT2D eigenvalue weighted by Gasteiger charge is -2.22. The topological polar surface area (TPSA) is 26.3 Å². The first-order chi connectivity index (χ1) is 4.62. The van der Waals surface area contributed by atoms with Gasteiger partial charge in [0, 0.05) is 6.92 Å². The molecule has 1 saturated carbocycles. The van der Waals surface area contributed by atoms with Crippen molar-refractivity contribution in [1.29, 1.82) is 0 Å². The van der Waals surface area contributed by atoms with Crippen LogP contribution >= 0.6 is 0 Å². The molecule has 2 heteroatoms. The minimum atomic E-state index is -0.149. The predicted octanol–water partition coefficient (Wildman–Crippen LogP) is 2.52. The lowest BCUT2D eigenvalue weighted by molar-refractivity contribution is -0.154. The van der Waals surface area contributed by atoms with E-state index in [2.05, 4.69) is 0 Å². The standard InChI is InChI=1S/C8H14O2.CH4/c1-7(9)10-8(2)5-3-4-6-8;/h3-6H2,1-2H3;1H4. The Morgan fingerprint density at radius 2 is 1.82 bits per heavy atom. The van der Waals surface area contributed by atoms with E-state index in [9.17, 15) is 4.79 Å². The van der Waals surface area contributed by atoms with Crippen molar-refractivity contribution in [1.82, 2.24) is 0 Å². The molecule has 0 saturated heterocycles. The summed E-state index contributed by atoms with van der Waals surface area (Å²) in [6.45, 7) is 3.49. The maximum absolute atomic E-state index is 10.6. The van der Waals surface area contributed by atoms with Crippen molar-refractivity contribution in [2.75, 3.05) is 0 Å². The summed E-state index contributed by atoms with van der Waals surface area (Å²) in [5, 5.41) is 0. The van der Waals surface area contributed by atoms with Crippen molar-refractivity contribution < 1.29 is 9.53 Å². The summed E-state index contributed by atoms with van der Waals surface area (Å²) in [4.78, 5) is 10.6. The van der Waals surface area contributed by atoms with Gasteiger partial charge in [0.05, 0.1) is 0 Å². The predicted molar refractivity (Wildman–Crippen MR) is 45.4 cm³/mol. The first-order valence-corrected chi connectivity index (χ1v) is 3.82. The van der Waals surface area contributed by atoms with Gasteiger partial charge in [-0.3, -0.25) is 4.79 Å². The molecule has 0 unspecified atom stereocenters. The Balaban J connectivity index is 0.000001000. The largest absolute Gasteiger partial charge is 0.460 e. The summed E-state index contributed by atoms with van der Waals surface area (Å²) in [5.41, 5.74) is -0.133. The van der Waals surface area contributed by atoms with Crippen LogP contribution in [0.1, 0.15) is 47.0 Å². The van der Waals surface area contributed by atoms with Crippen molar-refractivity contribution in [3.63, 3.8) is 0 Å². The number of hydrogen-bond donors (Lipinski definition) is 0. The third-order valence-electron chi connectivity index (χ3n) is 2.05. The molecule has 0 aromatic heterocycles. The molecule has 0 N–H and O–H groups in total. The molecule has 1 aliphatic carbocycles. The van der Waals surface area contributed by atoms with Crippen molar-refractivity contribution in [3.8, 4) is 0 Å². The number of ether oxygens (including phenoxy) is 1. The Hall–Kier alpha value is -0.530. The molecule has 0 aromatic carbocycles. The summed E-state index contributed by atoms with van der Waals surface area (Å²) < 4.78 is 5.16. The molecule has 0 aromatic rings. The minimum Gasteiger partial charge on any atom is -0.460 e. The van der Waals surface area contributed by atoms with Gasteiger partial charge in [0.1, 0.15) is 5.60 Å². The fourth-order valence-electron chi connectivity index (χ4n) is 1.57. The number of esters is 1. The Labute approximate surface area is 68.9 Å². The molecule has 1 aliphatic rings. The van der Waals surface area contributed by atoms with E-state index >= 15 is 0 Å². The molecule has 11 heavy (non-hydrogen) atoms. The first-order valence-electron chi connectivity index (χ1n) is 3.82. The molecular weight excluding hydrogens is 140 g/mol. The van der Waals surface area contributed by atoms with Gasteiger partial charge in [-0.1, -0.05) is 7.43 Å². The van der Waals surface area contributed by atoms with E-state index in [1.807, 2.05) is 6.92 Å². The van der Waals surface area contributed by atoms with Crippen LogP contribution in [0.15, 0.2) is 0 Å². The van der Waals surface area contributed by atoms with Gasteiger partial charge >= 0.3 is 5.97 Å². The van der Waals surface area contributed by atoms with E-state index < -0.39 is 0 Å². The van der Waals surface area contributed by atoms with Crippen LogP contribution in [0.2, 0.25) is 0 Å². The highest BCUT2D eigenvalue weighted by Gasteiger charge is 2.31. The first kappa shape index (κ1) is 10.5. The molecule has 1 rings (SSSR count). The van der Waals surface area contributed by atoms with Crippen LogP contribution in [0, 0.1) is 0 Å². The zero-order valence-corrected chi connectivity index (χ0v) is 6.64. The lowest BCUT2D eigenvalue weighted by Crippen LogP contribution is -2.26. The molecule has 0 amide bonds. The second-order valence-electron chi connectivity index (χ2n) is 3.25. The van der Waals surface area contributed by atoms with Gasteiger partial charge in [0.15, 0.2) is 0 Å². The average molecular weight is 158 g/mol. The molecule has 1 fully saturated rings. The van der Waals surface area contributed by atoms with E-state index in [1.165, 1.54) is 19.8 Å². The molecule has 0 aliphatic heterocycles. The van der Waals surface area contributed by atoms with Gasteiger partial charge in [-0.2, -0.15) is 0 Å². The summed E-state index contributed by atoms with van der Waals surface area (Å²) in [7, 11) is 0. The Bertz CT molecular complexity index is 134. The van der Waals surface area contributed by atoms with Gasteiger partial charge in [0.2, 0.25) is 0 Å². The second-order valence-corrected chi connectivity index (χ2v) is 3.25. The number of carbonyl (C=O) groups is 1. The number of carbonyl (C=O) groups excluding carboxylic acids is 1. The molecule has 0 atom stereocenters. The zero-order valence-electron chi connectivity index (χ0n) is 6.64. The summed E-state index contributed by atoms with van der Waals surface area (Å²) in [6, 6.07) is 0. The van der Waals surface area contributed by atoms with E-state index in [4.69, 9.17) is 4.74 Å². The summed E-state index contributed by atoms with van der Waals surface area (Å²) >= 11 is 0. The van der Waals surface area contributed by atoms with Gasteiger partial charge in [-0.15, -0.1) is 0 Å². The van der Waals surface area contributed by atoms with E-state index in [1.54, 1.807) is 0 Å². The maximum atomic E-state index is 10.6. The van der Waals surface area contributed by atoms with E-state index in [0.717, 1.165) is 12.8 Å². The molecule has 66 valence electrons. The fraction of sp³-hybridized carbons (Fsp3) is 0.889. The van der Waals surface area contributed by atoms with Gasteiger partial charge < -0.3 is 4.74 Å². The van der Waals surface area contributed by atoms with Crippen LogP contribution in [0.25, 0.3) is 0 Å². The minimum absolute atomic E-state index is 0. The van der Waals surface area contributed by atoms with Crippen molar-refractivity contribution in [3.05, 3.63) is 0 Å². The van der Waals surface area contributed by atoms with Gasteiger partial charge in [-0.25, -0.2) is 0 Å². The highest BCUT2D eigenvalue weighted by Crippen LogP contribution is 2.32. The summed E-state index contributed by atoms with van der Waals surface area (Å²) in [6.07, 6.45) is 4.46. The summed E-state index contributed by atoms with van der Waals surface area (Å²) in [5.74, 6) is -0.149. The number of hydrogen-bond acceptors (Lipinski definition) is 2. The fourth-order valence-corrected chi connectivity index (χ4v) is 1.57. The third kappa shape index (κ3) is 2.91. The molecule has 0 heterocycles. The molecular formula is C9H18O2. The van der Waals surface area contributed by atoms with Crippen LogP contribution in [-0.2, 0) is 9.53 Å². The normalized spacial score (nSPS) is 20.5. The van der Waals surface area contributed by atoms with E-state index in [0.29, 0.717) is 0 Å². The monoisotopic (exact) mass is 158 g/mol. The van der Waals surface area contributed by atoms with Crippen LogP contribution < -0.4 is 0 Å². The Morgan fingerprint density at radius 3 is 2.18 bits per heavy atom. The van der Waals surface area contributed by atoms with Gasteiger partial charge in [-0.05, 0) is 32.6 Å². The molecule has 0 radical (unpaired) electrons. The third-order valence-corrected chi connectivity index (χ3v) is 2.05. The Morgan fingerprint density at radius 1 is 1.36 bits per heavy atom. The smallest absolute Gasteiger partial charge is 0.303 e. The van der Waals surface area contributed by atoms with Crippen molar-refractivity contribution in [2.24, 2.45) is 0 Å². The molecule has 0 spiro atoms. The van der Waals surface area contributed by atoms with Crippen LogP contribution in [-0.4, -0.2) is 11.6 Å². The maximum Gasteiger partial charge on any atom is 0.303 e. The molecule has 0 bridgehead atoms. The number of rotatable bonds is 1. The molecule has 2 nitrogen and oxygen atoms in total. The lowest BCUT2D eigenvalue weighted by atomic mass is 10.1. The quantitative estimate of drug-likeness (QED) is 0.548. The van der Waals surface area contributed by atoms with Crippen LogP contribution in [0.5, 0.6) is 0 Å². The van der Waals surface area contributed by atoms with Crippen LogP contribution in [0.3, 0.4) is 0 Å². The zero-order chi connectivity index (χ0) is 7.61. The highest BCUT2D eigenvalue weighted by atomic mass is 16.6. The van der Waals surface area contributed by atoms with Gasteiger partial charge in [0.25, 0.3) is 0 Å². The Kier molecular flexibility index (Phi) is 3.56. The highest BCUT2D eigenvalue weighted by molar-refractivity contribution is 5.66. The van der Waals surface area contributed by atoms with E-state index in [-0.39, 0.29) is 19.0 Å². The van der Waals surface area contributed by atoms with Crippen LogP contribution in [0.4, 0.5) is 0 Å².